The van der Waals surface area contributed by atoms with E-state index in [0.29, 0.717) is 11.6 Å². The number of unbranched alkanes of at least 4 members (excludes halogenated alkanes) is 4. The van der Waals surface area contributed by atoms with E-state index in [1.165, 1.54) is 30.6 Å². The van der Waals surface area contributed by atoms with Gasteiger partial charge in [0.2, 0.25) is 5.91 Å². The monoisotopic (exact) mass is 291 g/mol. The number of aromatic nitrogens is 1. The third-order valence-corrected chi connectivity index (χ3v) is 4.10. The summed E-state index contributed by atoms with van der Waals surface area (Å²) in [5.41, 5.74) is 7.33. The zero-order valence-corrected chi connectivity index (χ0v) is 12.6. The Kier molecular flexibility index (Phi) is 5.35. The molecule has 1 heterocycles. The number of thiazole rings is 1. The largest absolute Gasteiger partial charge is 0.399 e. The molecule has 0 unspecified atom stereocenters. The SMILES string of the molecule is CCCCCCCC(=O)Nc1nc2ccc(N)cc2s1. The fourth-order valence-electron chi connectivity index (χ4n) is 2.07. The predicted molar refractivity (Wildman–Crippen MR) is 86.0 cm³/mol. The lowest BCUT2D eigenvalue weighted by molar-refractivity contribution is -0.116. The van der Waals surface area contributed by atoms with Gasteiger partial charge in [-0.15, -0.1) is 0 Å². The van der Waals surface area contributed by atoms with Crippen molar-refractivity contribution in [1.29, 1.82) is 0 Å². The summed E-state index contributed by atoms with van der Waals surface area (Å²) in [7, 11) is 0. The third-order valence-electron chi connectivity index (χ3n) is 3.17. The van der Waals surface area contributed by atoms with Gasteiger partial charge in [-0.2, -0.15) is 0 Å². The number of amides is 1. The van der Waals surface area contributed by atoms with Gasteiger partial charge in [-0.3, -0.25) is 4.79 Å². The molecular formula is C15H21N3OS. The van der Waals surface area contributed by atoms with Crippen molar-refractivity contribution < 1.29 is 4.79 Å². The molecule has 5 heteroatoms. The normalized spacial score (nSPS) is 10.8. The smallest absolute Gasteiger partial charge is 0.226 e. The van der Waals surface area contributed by atoms with Crippen molar-refractivity contribution in [3.63, 3.8) is 0 Å². The van der Waals surface area contributed by atoms with Crippen LogP contribution in [-0.2, 0) is 4.79 Å². The standard InChI is InChI=1S/C15H21N3OS/c1-2-3-4-5-6-7-14(19)18-15-17-12-9-8-11(16)10-13(12)20-15/h8-10H,2-7,16H2,1H3,(H,17,18,19). The Hall–Kier alpha value is -1.62. The summed E-state index contributed by atoms with van der Waals surface area (Å²) in [5.74, 6) is 0.0496. The average molecular weight is 291 g/mol. The first-order valence-electron chi connectivity index (χ1n) is 7.15. The predicted octanol–water partition coefficient (Wildman–Crippen LogP) is 4.18. The number of nitrogens with one attached hydrogen (secondary N) is 1. The van der Waals surface area contributed by atoms with Gasteiger partial charge in [-0.1, -0.05) is 43.9 Å². The van der Waals surface area contributed by atoms with E-state index in [1.54, 1.807) is 0 Å². The molecule has 0 spiro atoms. The van der Waals surface area contributed by atoms with Crippen LogP contribution in [0, 0.1) is 0 Å². The number of hydrogen-bond acceptors (Lipinski definition) is 4. The molecule has 3 N–H and O–H groups in total. The maximum atomic E-state index is 11.8. The molecule has 2 rings (SSSR count). The van der Waals surface area contributed by atoms with E-state index in [-0.39, 0.29) is 5.91 Å². The molecule has 0 saturated carbocycles. The molecule has 0 aliphatic heterocycles. The zero-order valence-electron chi connectivity index (χ0n) is 11.8. The summed E-state index contributed by atoms with van der Waals surface area (Å²) in [5, 5.41) is 3.53. The first-order chi connectivity index (χ1) is 9.69. The van der Waals surface area contributed by atoms with Gasteiger partial charge in [0.1, 0.15) is 0 Å². The second-order valence-electron chi connectivity index (χ2n) is 4.96. The highest BCUT2D eigenvalue weighted by atomic mass is 32.1. The minimum absolute atomic E-state index is 0.0496. The number of nitrogens with two attached hydrogens (primary N) is 1. The minimum atomic E-state index is 0.0496. The molecule has 4 nitrogen and oxygen atoms in total. The van der Waals surface area contributed by atoms with Gasteiger partial charge in [-0.05, 0) is 24.6 Å². The Morgan fingerprint density at radius 2 is 2.10 bits per heavy atom. The summed E-state index contributed by atoms with van der Waals surface area (Å²) in [4.78, 5) is 16.2. The van der Waals surface area contributed by atoms with Crippen LogP contribution in [-0.4, -0.2) is 10.9 Å². The van der Waals surface area contributed by atoms with Gasteiger partial charge in [0.15, 0.2) is 5.13 Å². The summed E-state index contributed by atoms with van der Waals surface area (Å²) in [6, 6.07) is 5.58. The molecule has 2 aromatic rings. The molecule has 0 atom stereocenters. The van der Waals surface area contributed by atoms with Gasteiger partial charge in [0.05, 0.1) is 10.2 Å². The molecule has 0 bridgehead atoms. The third kappa shape index (κ3) is 4.20. The molecule has 108 valence electrons. The van der Waals surface area contributed by atoms with Crippen LogP contribution in [0.2, 0.25) is 0 Å². The van der Waals surface area contributed by atoms with Crippen LogP contribution in [0.3, 0.4) is 0 Å². The van der Waals surface area contributed by atoms with Crippen molar-refractivity contribution in [2.45, 2.75) is 45.4 Å². The maximum Gasteiger partial charge on any atom is 0.226 e. The number of hydrogen-bond donors (Lipinski definition) is 2. The molecule has 0 radical (unpaired) electrons. The number of nitrogen functional groups attached to an aromatic ring is 1. The molecule has 1 amide bonds. The number of benzene rings is 1. The van der Waals surface area contributed by atoms with Crippen molar-refractivity contribution >= 4 is 38.3 Å². The van der Waals surface area contributed by atoms with Crippen LogP contribution in [0.25, 0.3) is 10.2 Å². The van der Waals surface area contributed by atoms with Crippen LogP contribution in [0.5, 0.6) is 0 Å². The zero-order chi connectivity index (χ0) is 14.4. The topological polar surface area (TPSA) is 68.0 Å². The number of nitrogens with zero attached hydrogens (tertiary/aromatic N) is 1. The van der Waals surface area contributed by atoms with Crippen molar-refractivity contribution in [3.05, 3.63) is 18.2 Å². The van der Waals surface area contributed by atoms with Gasteiger partial charge in [0, 0.05) is 12.1 Å². The van der Waals surface area contributed by atoms with Crippen LogP contribution in [0.15, 0.2) is 18.2 Å². The fraction of sp³-hybridized carbons (Fsp3) is 0.467. The lowest BCUT2D eigenvalue weighted by Gasteiger charge is -2.01. The maximum absolute atomic E-state index is 11.8. The van der Waals surface area contributed by atoms with Gasteiger partial charge in [0.25, 0.3) is 0 Å². The highest BCUT2D eigenvalue weighted by molar-refractivity contribution is 7.22. The Balaban J connectivity index is 1.83. The average Bonchev–Trinajstić information content (AvgIpc) is 2.79. The quantitative estimate of drug-likeness (QED) is 0.594. The van der Waals surface area contributed by atoms with Crippen molar-refractivity contribution in [3.8, 4) is 0 Å². The van der Waals surface area contributed by atoms with E-state index in [2.05, 4.69) is 17.2 Å². The lowest BCUT2D eigenvalue weighted by Crippen LogP contribution is -2.10. The minimum Gasteiger partial charge on any atom is -0.399 e. The summed E-state index contributed by atoms with van der Waals surface area (Å²) in [6.07, 6.45) is 6.33. The van der Waals surface area contributed by atoms with Crippen molar-refractivity contribution in [2.24, 2.45) is 0 Å². The molecule has 0 fully saturated rings. The van der Waals surface area contributed by atoms with E-state index < -0.39 is 0 Å². The van der Waals surface area contributed by atoms with Crippen molar-refractivity contribution in [2.75, 3.05) is 11.1 Å². The van der Waals surface area contributed by atoms with E-state index in [9.17, 15) is 4.79 Å². The summed E-state index contributed by atoms with van der Waals surface area (Å²) in [6.45, 7) is 2.19. The first kappa shape index (κ1) is 14.8. The van der Waals surface area contributed by atoms with Crippen LogP contribution in [0.4, 0.5) is 10.8 Å². The van der Waals surface area contributed by atoms with Crippen molar-refractivity contribution in [1.82, 2.24) is 4.98 Å². The molecular weight excluding hydrogens is 270 g/mol. The molecule has 0 aliphatic carbocycles. The van der Waals surface area contributed by atoms with Crippen LogP contribution < -0.4 is 11.1 Å². The van der Waals surface area contributed by atoms with Gasteiger partial charge in [-0.25, -0.2) is 4.98 Å². The van der Waals surface area contributed by atoms with Crippen LogP contribution in [0.1, 0.15) is 45.4 Å². The lowest BCUT2D eigenvalue weighted by atomic mass is 10.1. The van der Waals surface area contributed by atoms with E-state index in [0.717, 1.165) is 28.7 Å². The number of carbonyl (C=O) groups is 1. The molecule has 0 aliphatic rings. The Bertz CT molecular complexity index is 580. The molecule has 0 saturated heterocycles. The summed E-state index contributed by atoms with van der Waals surface area (Å²) >= 11 is 1.46. The Morgan fingerprint density at radius 1 is 1.30 bits per heavy atom. The van der Waals surface area contributed by atoms with Gasteiger partial charge >= 0.3 is 0 Å². The van der Waals surface area contributed by atoms with Crippen LogP contribution >= 0.6 is 11.3 Å². The molecule has 20 heavy (non-hydrogen) atoms. The van der Waals surface area contributed by atoms with Gasteiger partial charge < -0.3 is 11.1 Å². The Morgan fingerprint density at radius 3 is 2.90 bits per heavy atom. The highest BCUT2D eigenvalue weighted by Gasteiger charge is 2.07. The summed E-state index contributed by atoms with van der Waals surface area (Å²) < 4.78 is 1.00. The van der Waals surface area contributed by atoms with E-state index in [1.807, 2.05) is 18.2 Å². The number of carbonyl (C=O) groups excluding carboxylic acids is 1. The fourth-order valence-corrected chi connectivity index (χ4v) is 3.00. The molecule has 1 aromatic heterocycles. The highest BCUT2D eigenvalue weighted by Crippen LogP contribution is 2.27. The second kappa shape index (κ2) is 7.24. The second-order valence-corrected chi connectivity index (χ2v) is 5.99. The van der Waals surface area contributed by atoms with E-state index >= 15 is 0 Å². The number of fused-ring (bicyclic) bond motifs is 1. The number of anilines is 2. The first-order valence-corrected chi connectivity index (χ1v) is 7.96. The van der Waals surface area contributed by atoms with E-state index in [4.69, 9.17) is 5.73 Å². The number of rotatable bonds is 7. The molecule has 1 aromatic carbocycles. The Labute approximate surface area is 123 Å².